The number of amides is 1. The molecule has 1 fully saturated rings. The van der Waals surface area contributed by atoms with Gasteiger partial charge in [-0.1, -0.05) is 26.2 Å². The average Bonchev–Trinajstić information content (AvgIpc) is 2.47. The van der Waals surface area contributed by atoms with Crippen LogP contribution in [-0.2, 0) is 4.79 Å². The first kappa shape index (κ1) is 12.5. The smallest absolute Gasteiger partial charge is 0.220 e. The number of carbonyl (C=O) groups excluding carboxylic acids is 1. The first-order valence-corrected chi connectivity index (χ1v) is 6.33. The van der Waals surface area contributed by atoms with Gasteiger partial charge in [0.1, 0.15) is 0 Å². The van der Waals surface area contributed by atoms with Crippen LogP contribution >= 0.6 is 0 Å². The lowest BCUT2D eigenvalue weighted by atomic mass is 10.1. The quantitative estimate of drug-likeness (QED) is 0.683. The summed E-state index contributed by atoms with van der Waals surface area (Å²) >= 11 is 0. The van der Waals surface area contributed by atoms with E-state index in [2.05, 4.69) is 17.6 Å². The summed E-state index contributed by atoms with van der Waals surface area (Å²) in [5, 5.41) is 6.47. The van der Waals surface area contributed by atoms with Crippen LogP contribution in [0.4, 0.5) is 0 Å². The highest BCUT2D eigenvalue weighted by Crippen LogP contribution is 2.05. The van der Waals surface area contributed by atoms with Gasteiger partial charge in [0, 0.05) is 19.0 Å². The summed E-state index contributed by atoms with van der Waals surface area (Å²) in [4.78, 5) is 11.6. The second-order valence-electron chi connectivity index (χ2n) is 4.42. The SMILES string of the molecule is CCCCCC(=O)NC1CCCCNC1. The maximum Gasteiger partial charge on any atom is 0.220 e. The first-order chi connectivity index (χ1) is 7.33. The Morgan fingerprint density at radius 3 is 3.07 bits per heavy atom. The van der Waals surface area contributed by atoms with Gasteiger partial charge in [0.15, 0.2) is 0 Å². The minimum absolute atomic E-state index is 0.233. The summed E-state index contributed by atoms with van der Waals surface area (Å²) in [6.07, 6.45) is 7.67. The van der Waals surface area contributed by atoms with Crippen molar-refractivity contribution in [1.29, 1.82) is 0 Å². The van der Waals surface area contributed by atoms with Crippen LogP contribution in [-0.4, -0.2) is 25.0 Å². The van der Waals surface area contributed by atoms with E-state index in [4.69, 9.17) is 0 Å². The molecule has 3 heteroatoms. The second-order valence-corrected chi connectivity index (χ2v) is 4.42. The third kappa shape index (κ3) is 5.78. The average molecular weight is 212 g/mol. The van der Waals surface area contributed by atoms with Crippen molar-refractivity contribution in [3.63, 3.8) is 0 Å². The van der Waals surface area contributed by atoms with E-state index in [1.165, 1.54) is 19.3 Å². The van der Waals surface area contributed by atoms with Gasteiger partial charge < -0.3 is 10.6 Å². The molecule has 3 nitrogen and oxygen atoms in total. The molecule has 0 aromatic heterocycles. The molecular formula is C12H24N2O. The summed E-state index contributed by atoms with van der Waals surface area (Å²) in [5.74, 6) is 0.233. The fourth-order valence-electron chi connectivity index (χ4n) is 1.98. The molecule has 1 unspecified atom stereocenters. The van der Waals surface area contributed by atoms with E-state index in [1.54, 1.807) is 0 Å². The summed E-state index contributed by atoms with van der Waals surface area (Å²) < 4.78 is 0. The molecule has 0 saturated carbocycles. The lowest BCUT2D eigenvalue weighted by Crippen LogP contribution is -2.40. The molecule has 2 N–H and O–H groups in total. The van der Waals surface area contributed by atoms with Crippen LogP contribution in [0.5, 0.6) is 0 Å². The molecule has 1 aliphatic heterocycles. The van der Waals surface area contributed by atoms with Crippen molar-refractivity contribution in [3.8, 4) is 0 Å². The first-order valence-electron chi connectivity index (χ1n) is 6.33. The Labute approximate surface area is 93.0 Å². The Balaban J connectivity index is 2.12. The van der Waals surface area contributed by atoms with E-state index in [-0.39, 0.29) is 5.91 Å². The number of nitrogens with one attached hydrogen (secondary N) is 2. The zero-order chi connectivity index (χ0) is 10.9. The van der Waals surface area contributed by atoms with Crippen LogP contribution in [0.1, 0.15) is 51.9 Å². The molecule has 0 aromatic rings. The van der Waals surface area contributed by atoms with Crippen LogP contribution < -0.4 is 10.6 Å². The zero-order valence-electron chi connectivity index (χ0n) is 9.85. The highest BCUT2D eigenvalue weighted by Gasteiger charge is 2.13. The van der Waals surface area contributed by atoms with Crippen LogP contribution in [0.2, 0.25) is 0 Å². The van der Waals surface area contributed by atoms with Crippen LogP contribution in [0.15, 0.2) is 0 Å². The van der Waals surface area contributed by atoms with E-state index < -0.39 is 0 Å². The predicted molar refractivity (Wildman–Crippen MR) is 62.8 cm³/mol. The molecule has 0 spiro atoms. The third-order valence-corrected chi connectivity index (χ3v) is 2.92. The summed E-state index contributed by atoms with van der Waals surface area (Å²) in [6, 6.07) is 0.363. The summed E-state index contributed by atoms with van der Waals surface area (Å²) in [6.45, 7) is 4.20. The molecule has 0 radical (unpaired) electrons. The van der Waals surface area contributed by atoms with Gasteiger partial charge in [0.05, 0.1) is 0 Å². The van der Waals surface area contributed by atoms with Crippen LogP contribution in [0.25, 0.3) is 0 Å². The van der Waals surface area contributed by atoms with Gasteiger partial charge in [-0.3, -0.25) is 4.79 Å². The summed E-state index contributed by atoms with van der Waals surface area (Å²) in [5.41, 5.74) is 0. The van der Waals surface area contributed by atoms with E-state index in [0.717, 1.165) is 32.4 Å². The highest BCUT2D eigenvalue weighted by molar-refractivity contribution is 5.76. The number of hydrogen-bond acceptors (Lipinski definition) is 2. The molecule has 88 valence electrons. The molecular weight excluding hydrogens is 188 g/mol. The molecule has 1 amide bonds. The number of carbonyl (C=O) groups is 1. The number of rotatable bonds is 5. The highest BCUT2D eigenvalue weighted by atomic mass is 16.1. The topological polar surface area (TPSA) is 41.1 Å². The lowest BCUT2D eigenvalue weighted by Gasteiger charge is -2.16. The van der Waals surface area contributed by atoms with Crippen molar-refractivity contribution in [2.45, 2.75) is 57.9 Å². The Morgan fingerprint density at radius 1 is 1.40 bits per heavy atom. The van der Waals surface area contributed by atoms with E-state index >= 15 is 0 Å². The second kappa shape index (κ2) is 7.69. The van der Waals surface area contributed by atoms with E-state index in [9.17, 15) is 4.79 Å². The zero-order valence-corrected chi connectivity index (χ0v) is 9.85. The van der Waals surface area contributed by atoms with Gasteiger partial charge in [-0.15, -0.1) is 0 Å². The Hall–Kier alpha value is -0.570. The van der Waals surface area contributed by atoms with Crippen LogP contribution in [0, 0.1) is 0 Å². The third-order valence-electron chi connectivity index (χ3n) is 2.92. The fourth-order valence-corrected chi connectivity index (χ4v) is 1.98. The number of unbranched alkanes of at least 4 members (excludes halogenated alkanes) is 2. The monoisotopic (exact) mass is 212 g/mol. The van der Waals surface area contributed by atoms with Crippen molar-refractivity contribution in [2.75, 3.05) is 13.1 Å². The van der Waals surface area contributed by atoms with Gasteiger partial charge in [0.2, 0.25) is 5.91 Å². The largest absolute Gasteiger partial charge is 0.352 e. The standard InChI is InChI=1S/C12H24N2O/c1-2-3-4-8-12(15)14-11-7-5-6-9-13-10-11/h11,13H,2-10H2,1H3,(H,14,15). The van der Waals surface area contributed by atoms with Gasteiger partial charge in [-0.2, -0.15) is 0 Å². The fraction of sp³-hybridized carbons (Fsp3) is 0.917. The summed E-state index contributed by atoms with van der Waals surface area (Å²) in [7, 11) is 0. The van der Waals surface area contributed by atoms with E-state index in [1.807, 2.05) is 0 Å². The molecule has 15 heavy (non-hydrogen) atoms. The van der Waals surface area contributed by atoms with Crippen LogP contribution in [0.3, 0.4) is 0 Å². The Bertz CT molecular complexity index is 174. The van der Waals surface area contributed by atoms with Crippen molar-refractivity contribution in [2.24, 2.45) is 0 Å². The van der Waals surface area contributed by atoms with Crippen molar-refractivity contribution in [3.05, 3.63) is 0 Å². The van der Waals surface area contributed by atoms with Crippen molar-refractivity contribution < 1.29 is 4.79 Å². The van der Waals surface area contributed by atoms with Crippen molar-refractivity contribution >= 4 is 5.91 Å². The molecule has 1 aliphatic rings. The molecule has 1 atom stereocenters. The van der Waals surface area contributed by atoms with E-state index in [0.29, 0.717) is 12.5 Å². The maximum atomic E-state index is 11.6. The Kier molecular flexibility index (Phi) is 6.41. The lowest BCUT2D eigenvalue weighted by molar-refractivity contribution is -0.121. The predicted octanol–water partition coefficient (Wildman–Crippen LogP) is 1.82. The van der Waals surface area contributed by atoms with Gasteiger partial charge in [-0.05, 0) is 25.8 Å². The molecule has 0 aromatic carbocycles. The van der Waals surface area contributed by atoms with Crippen molar-refractivity contribution in [1.82, 2.24) is 10.6 Å². The van der Waals surface area contributed by atoms with Gasteiger partial charge >= 0.3 is 0 Å². The van der Waals surface area contributed by atoms with Gasteiger partial charge in [-0.25, -0.2) is 0 Å². The minimum Gasteiger partial charge on any atom is -0.352 e. The molecule has 0 bridgehead atoms. The Morgan fingerprint density at radius 2 is 2.27 bits per heavy atom. The van der Waals surface area contributed by atoms with Gasteiger partial charge in [0.25, 0.3) is 0 Å². The normalized spacial score (nSPS) is 22.1. The maximum absolute atomic E-state index is 11.6. The molecule has 1 heterocycles. The molecule has 1 rings (SSSR count). The number of hydrogen-bond donors (Lipinski definition) is 2. The molecule has 1 saturated heterocycles. The molecule has 0 aliphatic carbocycles. The minimum atomic E-state index is 0.233.